The van der Waals surface area contributed by atoms with E-state index in [4.69, 9.17) is 9.84 Å². The van der Waals surface area contributed by atoms with Crippen molar-refractivity contribution in [1.29, 1.82) is 0 Å². The summed E-state index contributed by atoms with van der Waals surface area (Å²) in [5.74, 6) is -0.0774. The highest BCUT2D eigenvalue weighted by Crippen LogP contribution is 2.41. The van der Waals surface area contributed by atoms with Gasteiger partial charge in [-0.1, -0.05) is 50.2 Å². The maximum Gasteiger partial charge on any atom is 0.275 e. The second kappa shape index (κ2) is 8.43. The van der Waals surface area contributed by atoms with Gasteiger partial charge in [-0.05, 0) is 30.5 Å². The van der Waals surface area contributed by atoms with Gasteiger partial charge in [0.1, 0.15) is 0 Å². The third kappa shape index (κ3) is 3.87. The van der Waals surface area contributed by atoms with Crippen molar-refractivity contribution in [3.05, 3.63) is 65.9 Å². The van der Waals surface area contributed by atoms with Gasteiger partial charge in [-0.2, -0.15) is 5.10 Å². The number of aromatic nitrogens is 2. The Bertz CT molecular complexity index is 1300. The van der Waals surface area contributed by atoms with Gasteiger partial charge in [0.05, 0.1) is 41.3 Å². The highest BCUT2D eigenvalue weighted by Gasteiger charge is 2.38. The number of amides is 1. The summed E-state index contributed by atoms with van der Waals surface area (Å²) in [5, 5.41) is 4.74. The first-order valence-electron chi connectivity index (χ1n) is 11.2. The van der Waals surface area contributed by atoms with Crippen LogP contribution in [0, 0.1) is 5.92 Å². The number of hydrogen-bond donors (Lipinski definition) is 0. The van der Waals surface area contributed by atoms with Crippen molar-refractivity contribution in [2.24, 2.45) is 5.92 Å². The van der Waals surface area contributed by atoms with Crippen LogP contribution in [0.1, 0.15) is 36.3 Å². The minimum Gasteiger partial charge on any atom is -0.377 e. The van der Waals surface area contributed by atoms with Gasteiger partial charge in [-0.3, -0.25) is 4.79 Å². The Morgan fingerprint density at radius 2 is 1.85 bits per heavy atom. The van der Waals surface area contributed by atoms with Crippen LogP contribution in [0.2, 0.25) is 0 Å². The van der Waals surface area contributed by atoms with E-state index in [1.807, 2.05) is 41.3 Å². The van der Waals surface area contributed by atoms with Crippen LogP contribution in [0.25, 0.3) is 16.9 Å². The van der Waals surface area contributed by atoms with Crippen LogP contribution in [0.5, 0.6) is 0 Å². The molecule has 1 fully saturated rings. The number of fused-ring (bicyclic) bond motifs is 3. The van der Waals surface area contributed by atoms with Gasteiger partial charge in [0, 0.05) is 17.7 Å². The molecule has 2 aliphatic heterocycles. The smallest absolute Gasteiger partial charge is 0.275 e. The zero-order valence-electron chi connectivity index (χ0n) is 18.8. The topological polar surface area (TPSA) is 81.5 Å². The monoisotopic (exact) mass is 465 g/mol. The SMILES string of the molecule is CC(C)CC1COCCN1C(=O)c1nn(-c2ccccc2)c2c1CS(=O)(=O)c1ccccc1-2. The lowest BCUT2D eigenvalue weighted by molar-refractivity contribution is -0.00782. The summed E-state index contributed by atoms with van der Waals surface area (Å²) in [5.41, 5.74) is 2.71. The summed E-state index contributed by atoms with van der Waals surface area (Å²) < 4.78 is 33.7. The van der Waals surface area contributed by atoms with E-state index in [2.05, 4.69) is 13.8 Å². The van der Waals surface area contributed by atoms with Crippen molar-refractivity contribution < 1.29 is 17.9 Å². The highest BCUT2D eigenvalue weighted by atomic mass is 32.2. The summed E-state index contributed by atoms with van der Waals surface area (Å²) in [4.78, 5) is 15.9. The Balaban J connectivity index is 1.69. The molecule has 0 bridgehead atoms. The van der Waals surface area contributed by atoms with Gasteiger partial charge in [0.2, 0.25) is 0 Å². The van der Waals surface area contributed by atoms with E-state index in [0.717, 1.165) is 12.1 Å². The van der Waals surface area contributed by atoms with E-state index in [0.29, 0.717) is 42.5 Å². The molecule has 1 saturated heterocycles. The van der Waals surface area contributed by atoms with E-state index < -0.39 is 9.84 Å². The van der Waals surface area contributed by atoms with Crippen LogP contribution < -0.4 is 0 Å². The van der Waals surface area contributed by atoms with E-state index in [9.17, 15) is 13.2 Å². The fourth-order valence-electron chi connectivity index (χ4n) is 4.79. The largest absolute Gasteiger partial charge is 0.377 e. The first-order chi connectivity index (χ1) is 15.9. The summed E-state index contributed by atoms with van der Waals surface area (Å²) in [6.07, 6.45) is 0.814. The van der Waals surface area contributed by atoms with E-state index in [-0.39, 0.29) is 28.3 Å². The van der Waals surface area contributed by atoms with E-state index >= 15 is 0 Å². The highest BCUT2D eigenvalue weighted by molar-refractivity contribution is 7.90. The third-order valence-electron chi connectivity index (χ3n) is 6.23. The Kier molecular flexibility index (Phi) is 5.58. The molecular formula is C25H27N3O4S. The number of rotatable bonds is 4. The molecule has 0 spiro atoms. The zero-order chi connectivity index (χ0) is 23.2. The van der Waals surface area contributed by atoms with Gasteiger partial charge in [0.25, 0.3) is 5.91 Å². The Hall–Kier alpha value is -2.97. The lowest BCUT2D eigenvalue weighted by atomic mass is 10.0. The van der Waals surface area contributed by atoms with Crippen molar-refractivity contribution in [3.8, 4) is 16.9 Å². The second-order valence-electron chi connectivity index (χ2n) is 9.04. The maximum atomic E-state index is 13.8. The first-order valence-corrected chi connectivity index (χ1v) is 12.9. The van der Waals surface area contributed by atoms with Crippen LogP contribution >= 0.6 is 0 Å². The lowest BCUT2D eigenvalue weighted by Crippen LogP contribution is -2.49. The molecule has 0 N–H and O–H groups in total. The number of para-hydroxylation sites is 1. The molecule has 8 heteroatoms. The van der Waals surface area contributed by atoms with Crippen LogP contribution in [0.3, 0.4) is 0 Å². The molecule has 1 unspecified atom stereocenters. The summed E-state index contributed by atoms with van der Waals surface area (Å²) in [6.45, 7) is 5.64. The number of nitrogens with zero attached hydrogens (tertiary/aromatic N) is 3. The van der Waals surface area contributed by atoms with Crippen LogP contribution in [-0.4, -0.2) is 54.8 Å². The number of hydrogen-bond acceptors (Lipinski definition) is 5. The van der Waals surface area contributed by atoms with E-state index in [1.165, 1.54) is 0 Å². The molecule has 3 heterocycles. The quantitative estimate of drug-likeness (QED) is 0.587. The number of benzene rings is 2. The normalized spacial score (nSPS) is 19.2. The molecule has 0 aliphatic carbocycles. The van der Waals surface area contributed by atoms with Crippen LogP contribution in [0.15, 0.2) is 59.5 Å². The fraction of sp³-hybridized carbons (Fsp3) is 0.360. The summed E-state index contributed by atoms with van der Waals surface area (Å²) in [6, 6.07) is 16.4. The molecule has 33 heavy (non-hydrogen) atoms. The van der Waals surface area contributed by atoms with Gasteiger partial charge in [-0.15, -0.1) is 0 Å². The van der Waals surface area contributed by atoms with Crippen LogP contribution in [0.4, 0.5) is 0 Å². The standard InChI is InChI=1S/C25H27N3O4S/c1-17(2)14-19-15-32-13-12-27(19)25(29)23-21-16-33(30,31)22-11-7-6-10-20(22)24(21)28(26-23)18-8-4-3-5-9-18/h3-11,17,19H,12-16H2,1-2H3. The third-order valence-corrected chi connectivity index (χ3v) is 7.93. The van der Waals surface area contributed by atoms with Crippen LogP contribution in [-0.2, 0) is 20.3 Å². The molecule has 2 aliphatic rings. The van der Waals surface area contributed by atoms with Gasteiger partial charge >= 0.3 is 0 Å². The number of carbonyl (C=O) groups is 1. The number of morpholine rings is 1. The Morgan fingerprint density at radius 3 is 2.61 bits per heavy atom. The van der Waals surface area contributed by atoms with Gasteiger partial charge < -0.3 is 9.64 Å². The number of sulfone groups is 1. The van der Waals surface area contributed by atoms with Crippen molar-refractivity contribution in [3.63, 3.8) is 0 Å². The minimum absolute atomic E-state index is 0.0590. The molecular weight excluding hydrogens is 438 g/mol. The molecule has 3 aromatic rings. The van der Waals surface area contributed by atoms with Gasteiger partial charge in [0.15, 0.2) is 15.5 Å². The summed E-state index contributed by atoms with van der Waals surface area (Å²) in [7, 11) is -3.59. The first kappa shape index (κ1) is 21.9. The van der Waals surface area contributed by atoms with E-state index in [1.54, 1.807) is 22.9 Å². The van der Waals surface area contributed by atoms with Crippen molar-refractivity contribution in [1.82, 2.24) is 14.7 Å². The van der Waals surface area contributed by atoms with Crippen molar-refractivity contribution >= 4 is 15.7 Å². The molecule has 1 aromatic heterocycles. The average molecular weight is 466 g/mol. The molecule has 2 aromatic carbocycles. The molecule has 1 atom stereocenters. The van der Waals surface area contributed by atoms with Crippen molar-refractivity contribution in [2.45, 2.75) is 37.0 Å². The number of ether oxygens (including phenoxy) is 1. The van der Waals surface area contributed by atoms with Gasteiger partial charge in [-0.25, -0.2) is 13.1 Å². The molecule has 0 saturated carbocycles. The Morgan fingerprint density at radius 1 is 1.12 bits per heavy atom. The zero-order valence-corrected chi connectivity index (χ0v) is 19.6. The molecule has 1 amide bonds. The summed E-state index contributed by atoms with van der Waals surface area (Å²) >= 11 is 0. The maximum absolute atomic E-state index is 13.8. The Labute approximate surface area is 193 Å². The molecule has 172 valence electrons. The molecule has 7 nitrogen and oxygen atoms in total. The average Bonchev–Trinajstić information content (AvgIpc) is 3.18. The number of carbonyl (C=O) groups excluding carboxylic acids is 1. The minimum atomic E-state index is -3.59. The second-order valence-corrected chi connectivity index (χ2v) is 11.0. The fourth-order valence-corrected chi connectivity index (χ4v) is 6.39. The predicted molar refractivity (Wildman–Crippen MR) is 125 cm³/mol. The van der Waals surface area contributed by atoms with Crippen molar-refractivity contribution in [2.75, 3.05) is 19.8 Å². The lowest BCUT2D eigenvalue weighted by Gasteiger charge is -2.36. The predicted octanol–water partition coefficient (Wildman–Crippen LogP) is 3.71. The molecule has 0 radical (unpaired) electrons. The molecule has 5 rings (SSSR count).